The van der Waals surface area contributed by atoms with Gasteiger partial charge in [-0.3, -0.25) is 4.68 Å². The van der Waals surface area contributed by atoms with Crippen molar-refractivity contribution in [1.29, 1.82) is 0 Å². The third kappa shape index (κ3) is 2.05. The van der Waals surface area contributed by atoms with Gasteiger partial charge in [-0.25, -0.2) is 0 Å². The Morgan fingerprint density at radius 3 is 2.15 bits per heavy atom. The topological polar surface area (TPSA) is 17.8 Å². The Morgan fingerprint density at radius 2 is 1.92 bits per heavy atom. The molecule has 13 heavy (non-hydrogen) atoms. The molecule has 0 fully saturated rings. The molecule has 1 aromatic rings. The van der Waals surface area contributed by atoms with Crippen molar-refractivity contribution in [3.05, 3.63) is 16.9 Å². The second-order valence-electron chi connectivity index (χ2n) is 4.64. The predicted molar refractivity (Wildman–Crippen MR) is 56.3 cm³/mol. The van der Waals surface area contributed by atoms with E-state index in [1.165, 1.54) is 0 Å². The van der Waals surface area contributed by atoms with Gasteiger partial charge >= 0.3 is 0 Å². The minimum Gasteiger partial charge on any atom is -0.251 e. The van der Waals surface area contributed by atoms with Gasteiger partial charge in [0.15, 0.2) is 0 Å². The fourth-order valence-electron chi connectivity index (χ4n) is 1.21. The summed E-state index contributed by atoms with van der Waals surface area (Å²) in [6.45, 7) is 10.6. The number of rotatable bonds is 1. The molecule has 1 heterocycles. The van der Waals surface area contributed by atoms with Crippen molar-refractivity contribution in [3.8, 4) is 0 Å². The molecule has 0 amide bonds. The van der Waals surface area contributed by atoms with Crippen LogP contribution in [0, 0.1) is 0 Å². The lowest BCUT2D eigenvalue weighted by Gasteiger charge is -2.17. The van der Waals surface area contributed by atoms with Gasteiger partial charge in [0.2, 0.25) is 0 Å². The van der Waals surface area contributed by atoms with E-state index < -0.39 is 0 Å². The Hall–Kier alpha value is -0.500. The summed E-state index contributed by atoms with van der Waals surface area (Å²) < 4.78 is 1.85. The highest BCUT2D eigenvalue weighted by Crippen LogP contribution is 2.30. The zero-order valence-corrected chi connectivity index (χ0v) is 9.68. The highest BCUT2D eigenvalue weighted by Gasteiger charge is 2.21. The van der Waals surface area contributed by atoms with E-state index in [-0.39, 0.29) is 5.41 Å². The van der Waals surface area contributed by atoms with Crippen LogP contribution in [0.2, 0.25) is 5.15 Å². The lowest BCUT2D eigenvalue weighted by molar-refractivity contribution is 0.529. The quantitative estimate of drug-likeness (QED) is 0.680. The van der Waals surface area contributed by atoms with Crippen molar-refractivity contribution in [1.82, 2.24) is 9.78 Å². The fraction of sp³-hybridized carbons (Fsp3) is 0.700. The minimum atomic E-state index is 0.0736. The summed E-state index contributed by atoms with van der Waals surface area (Å²) in [5, 5.41) is 5.03. The molecule has 0 aliphatic heterocycles. The molecular weight excluding hydrogens is 184 g/mol. The molecule has 0 saturated heterocycles. The van der Waals surface area contributed by atoms with Crippen LogP contribution in [0.1, 0.15) is 46.2 Å². The summed E-state index contributed by atoms with van der Waals surface area (Å²) in [6.07, 6.45) is 1.86. The normalized spacial score (nSPS) is 12.5. The third-order valence-corrected chi connectivity index (χ3v) is 2.41. The van der Waals surface area contributed by atoms with Crippen LogP contribution in [0.4, 0.5) is 0 Å². The van der Waals surface area contributed by atoms with Crippen molar-refractivity contribution in [2.75, 3.05) is 0 Å². The first-order valence-electron chi connectivity index (χ1n) is 4.57. The first-order chi connectivity index (χ1) is 5.84. The van der Waals surface area contributed by atoms with Crippen LogP contribution in [0.25, 0.3) is 0 Å². The number of hydrogen-bond acceptors (Lipinski definition) is 1. The smallest absolute Gasteiger partial charge is 0.131 e. The second-order valence-corrected chi connectivity index (χ2v) is 5.00. The van der Waals surface area contributed by atoms with Gasteiger partial charge in [-0.05, 0) is 19.3 Å². The summed E-state index contributed by atoms with van der Waals surface area (Å²) in [4.78, 5) is 0. The highest BCUT2D eigenvalue weighted by atomic mass is 35.5. The average molecular weight is 201 g/mol. The molecule has 0 aliphatic rings. The van der Waals surface area contributed by atoms with Gasteiger partial charge < -0.3 is 0 Å². The van der Waals surface area contributed by atoms with Crippen molar-refractivity contribution < 1.29 is 0 Å². The molecule has 0 unspecified atom stereocenters. The standard InChI is InChI=1S/C10H17ClN2/c1-7(2)13-9(11)8(6-12-13)10(3,4)5/h6-7H,1-5H3. The maximum Gasteiger partial charge on any atom is 0.131 e. The lowest BCUT2D eigenvalue weighted by Crippen LogP contribution is -2.11. The summed E-state index contributed by atoms with van der Waals surface area (Å²) >= 11 is 6.20. The SMILES string of the molecule is CC(C)n1ncc(C(C)(C)C)c1Cl. The van der Waals surface area contributed by atoms with Gasteiger partial charge in [0, 0.05) is 11.6 Å². The fourth-order valence-corrected chi connectivity index (χ4v) is 1.78. The number of aromatic nitrogens is 2. The van der Waals surface area contributed by atoms with E-state index in [0.29, 0.717) is 6.04 Å². The third-order valence-electron chi connectivity index (χ3n) is 2.03. The molecule has 0 radical (unpaired) electrons. The number of nitrogens with zero attached hydrogens (tertiary/aromatic N) is 2. The second kappa shape index (κ2) is 3.33. The van der Waals surface area contributed by atoms with Gasteiger partial charge in [-0.15, -0.1) is 0 Å². The molecule has 2 nitrogen and oxygen atoms in total. The molecular formula is C10H17ClN2. The zero-order chi connectivity index (χ0) is 10.2. The lowest BCUT2D eigenvalue weighted by atomic mass is 9.90. The molecule has 0 atom stereocenters. The molecule has 3 heteroatoms. The maximum atomic E-state index is 6.20. The molecule has 0 bridgehead atoms. The molecule has 74 valence electrons. The molecule has 0 spiro atoms. The van der Waals surface area contributed by atoms with E-state index in [9.17, 15) is 0 Å². The van der Waals surface area contributed by atoms with Crippen LogP contribution in [0.5, 0.6) is 0 Å². The van der Waals surface area contributed by atoms with Gasteiger partial charge in [0.1, 0.15) is 5.15 Å². The van der Waals surface area contributed by atoms with Crippen LogP contribution in [-0.4, -0.2) is 9.78 Å². The van der Waals surface area contributed by atoms with Crippen molar-refractivity contribution in [3.63, 3.8) is 0 Å². The van der Waals surface area contributed by atoms with Crippen LogP contribution < -0.4 is 0 Å². The van der Waals surface area contributed by atoms with Crippen molar-refractivity contribution >= 4 is 11.6 Å². The minimum absolute atomic E-state index is 0.0736. The Balaban J connectivity index is 3.14. The number of hydrogen-bond donors (Lipinski definition) is 0. The van der Waals surface area contributed by atoms with E-state index >= 15 is 0 Å². The molecule has 0 aliphatic carbocycles. The van der Waals surface area contributed by atoms with E-state index in [1.807, 2.05) is 10.9 Å². The Bertz CT molecular complexity index is 294. The Morgan fingerprint density at radius 1 is 1.38 bits per heavy atom. The largest absolute Gasteiger partial charge is 0.251 e. The average Bonchev–Trinajstić information content (AvgIpc) is 2.28. The summed E-state index contributed by atoms with van der Waals surface area (Å²) in [5.74, 6) is 0. The highest BCUT2D eigenvalue weighted by molar-refractivity contribution is 6.30. The van der Waals surface area contributed by atoms with Crippen LogP contribution in [0.3, 0.4) is 0 Å². The van der Waals surface area contributed by atoms with Crippen LogP contribution in [0.15, 0.2) is 6.20 Å². The molecule has 0 N–H and O–H groups in total. The Labute approximate surface area is 84.9 Å². The Kier molecular flexibility index (Phi) is 2.71. The maximum absolute atomic E-state index is 6.20. The molecule has 0 saturated carbocycles. The van der Waals surface area contributed by atoms with Crippen LogP contribution >= 0.6 is 11.6 Å². The predicted octanol–water partition coefficient (Wildman–Crippen LogP) is 3.41. The van der Waals surface area contributed by atoms with E-state index in [2.05, 4.69) is 39.7 Å². The molecule has 1 aromatic heterocycles. The molecule has 1 rings (SSSR count). The van der Waals surface area contributed by atoms with Gasteiger partial charge in [-0.1, -0.05) is 32.4 Å². The molecule has 0 aromatic carbocycles. The van der Waals surface area contributed by atoms with Crippen molar-refractivity contribution in [2.24, 2.45) is 0 Å². The monoisotopic (exact) mass is 200 g/mol. The summed E-state index contributed by atoms with van der Waals surface area (Å²) in [7, 11) is 0. The van der Waals surface area contributed by atoms with E-state index in [1.54, 1.807) is 0 Å². The van der Waals surface area contributed by atoms with Crippen molar-refractivity contribution in [2.45, 2.75) is 46.1 Å². The van der Waals surface area contributed by atoms with E-state index in [4.69, 9.17) is 11.6 Å². The van der Waals surface area contributed by atoms with Crippen LogP contribution in [-0.2, 0) is 5.41 Å². The first-order valence-corrected chi connectivity index (χ1v) is 4.95. The summed E-state index contributed by atoms with van der Waals surface area (Å²) in [6, 6.07) is 0.323. The van der Waals surface area contributed by atoms with Gasteiger partial charge in [0.25, 0.3) is 0 Å². The van der Waals surface area contributed by atoms with Gasteiger partial charge in [-0.2, -0.15) is 5.10 Å². The van der Waals surface area contributed by atoms with Gasteiger partial charge in [0.05, 0.1) is 6.20 Å². The first kappa shape index (κ1) is 10.6. The number of halogens is 1. The summed E-state index contributed by atoms with van der Waals surface area (Å²) in [5.41, 5.74) is 1.19. The van der Waals surface area contributed by atoms with E-state index in [0.717, 1.165) is 10.7 Å². The zero-order valence-electron chi connectivity index (χ0n) is 8.93.